The third-order valence-corrected chi connectivity index (χ3v) is 5.10. The van der Waals surface area contributed by atoms with Crippen molar-refractivity contribution in [2.45, 2.75) is 13.0 Å². The molecule has 1 atom stereocenters. The van der Waals surface area contributed by atoms with Crippen LogP contribution < -0.4 is 5.32 Å². The van der Waals surface area contributed by atoms with Crippen molar-refractivity contribution >= 4 is 22.9 Å². The molecule has 1 aliphatic rings. The van der Waals surface area contributed by atoms with Gasteiger partial charge in [0.2, 0.25) is 0 Å². The minimum absolute atomic E-state index is 0.136. The van der Waals surface area contributed by atoms with Gasteiger partial charge in [0.25, 0.3) is 0 Å². The maximum absolute atomic E-state index is 13.2. The quantitative estimate of drug-likeness (QED) is 0.935. The Bertz CT molecular complexity index is 625. The molecule has 21 heavy (non-hydrogen) atoms. The number of hydrogen-bond acceptors (Lipinski definition) is 4. The Morgan fingerprint density at radius 2 is 2.14 bits per heavy atom. The second-order valence-corrected chi connectivity index (χ2v) is 6.46. The Labute approximate surface area is 132 Å². The fourth-order valence-electron chi connectivity index (χ4n) is 2.49. The number of rotatable bonds is 3. The van der Waals surface area contributed by atoms with E-state index < -0.39 is 5.82 Å². The zero-order valence-corrected chi connectivity index (χ0v) is 13.3. The predicted octanol–water partition coefficient (Wildman–Crippen LogP) is 3.57. The molecule has 0 bridgehead atoms. The Kier molecular flexibility index (Phi) is 4.54. The van der Waals surface area contributed by atoms with Gasteiger partial charge in [-0.25, -0.2) is 9.37 Å². The van der Waals surface area contributed by atoms with Crippen LogP contribution in [-0.2, 0) is 0 Å². The lowest BCUT2D eigenvalue weighted by Crippen LogP contribution is -2.44. The average Bonchev–Trinajstić information content (AvgIpc) is 3.00. The van der Waals surface area contributed by atoms with Crippen LogP contribution >= 0.6 is 22.9 Å². The predicted molar refractivity (Wildman–Crippen MR) is 85.4 cm³/mol. The SMILES string of the molecule is CC(c1nc(-c2ccc(F)c(Cl)c2)cs1)N1CCNCC1. The summed E-state index contributed by atoms with van der Waals surface area (Å²) in [6, 6.07) is 5.04. The molecule has 1 fully saturated rings. The van der Waals surface area contributed by atoms with Gasteiger partial charge in [0.05, 0.1) is 16.8 Å². The van der Waals surface area contributed by atoms with Gasteiger partial charge in [0.15, 0.2) is 0 Å². The number of thiazole rings is 1. The molecule has 0 saturated carbocycles. The lowest BCUT2D eigenvalue weighted by atomic mass is 10.2. The van der Waals surface area contributed by atoms with Crippen LogP contribution in [0.4, 0.5) is 4.39 Å². The molecule has 1 N–H and O–H groups in total. The van der Waals surface area contributed by atoms with E-state index in [-0.39, 0.29) is 5.02 Å². The van der Waals surface area contributed by atoms with Gasteiger partial charge in [-0.3, -0.25) is 4.90 Å². The maximum Gasteiger partial charge on any atom is 0.141 e. The van der Waals surface area contributed by atoms with Gasteiger partial charge in [-0.05, 0) is 25.1 Å². The summed E-state index contributed by atoms with van der Waals surface area (Å²) < 4.78 is 13.2. The Hall–Kier alpha value is -1.01. The number of piperazine rings is 1. The van der Waals surface area contributed by atoms with E-state index in [4.69, 9.17) is 16.6 Å². The lowest BCUT2D eigenvalue weighted by molar-refractivity contribution is 0.185. The molecule has 6 heteroatoms. The minimum atomic E-state index is -0.398. The fourth-order valence-corrected chi connectivity index (χ4v) is 3.59. The smallest absolute Gasteiger partial charge is 0.141 e. The molecular weight excluding hydrogens is 309 g/mol. The molecule has 1 aromatic carbocycles. The lowest BCUT2D eigenvalue weighted by Gasteiger charge is -2.31. The third kappa shape index (κ3) is 3.26. The average molecular weight is 326 g/mol. The Balaban J connectivity index is 1.80. The highest BCUT2D eigenvalue weighted by atomic mass is 35.5. The largest absolute Gasteiger partial charge is 0.314 e. The Morgan fingerprint density at radius 3 is 2.86 bits per heavy atom. The van der Waals surface area contributed by atoms with E-state index in [2.05, 4.69) is 17.1 Å². The van der Waals surface area contributed by atoms with Crippen LogP contribution in [0.5, 0.6) is 0 Å². The first-order chi connectivity index (χ1) is 10.1. The van der Waals surface area contributed by atoms with Crippen LogP contribution in [0.2, 0.25) is 5.02 Å². The molecule has 0 radical (unpaired) electrons. The van der Waals surface area contributed by atoms with Gasteiger partial charge in [-0.1, -0.05) is 11.6 Å². The number of hydrogen-bond donors (Lipinski definition) is 1. The molecule has 0 aliphatic carbocycles. The van der Waals surface area contributed by atoms with Crippen LogP contribution in [-0.4, -0.2) is 36.1 Å². The van der Waals surface area contributed by atoms with Crippen molar-refractivity contribution in [3.8, 4) is 11.3 Å². The van der Waals surface area contributed by atoms with Gasteiger partial charge in [-0.2, -0.15) is 0 Å². The second-order valence-electron chi connectivity index (χ2n) is 5.16. The van der Waals surface area contributed by atoms with Crippen molar-refractivity contribution in [3.05, 3.63) is 39.4 Å². The number of nitrogens with zero attached hydrogens (tertiary/aromatic N) is 2. The van der Waals surface area contributed by atoms with Gasteiger partial charge < -0.3 is 5.32 Å². The highest BCUT2D eigenvalue weighted by molar-refractivity contribution is 7.10. The molecule has 1 saturated heterocycles. The maximum atomic E-state index is 13.2. The molecule has 1 unspecified atom stereocenters. The molecular formula is C15H17ClFN3S. The number of nitrogens with one attached hydrogen (secondary N) is 1. The molecule has 2 heterocycles. The summed E-state index contributed by atoms with van der Waals surface area (Å²) in [5, 5.41) is 6.59. The second kappa shape index (κ2) is 6.40. The van der Waals surface area contributed by atoms with Crippen molar-refractivity contribution in [1.82, 2.24) is 15.2 Å². The summed E-state index contributed by atoms with van der Waals surface area (Å²) in [7, 11) is 0. The first-order valence-electron chi connectivity index (χ1n) is 7.01. The minimum Gasteiger partial charge on any atom is -0.314 e. The van der Waals surface area contributed by atoms with Crippen molar-refractivity contribution in [2.75, 3.05) is 26.2 Å². The monoisotopic (exact) mass is 325 g/mol. The van der Waals surface area contributed by atoms with E-state index in [0.717, 1.165) is 42.4 Å². The number of benzene rings is 1. The van der Waals surface area contributed by atoms with E-state index in [9.17, 15) is 4.39 Å². The van der Waals surface area contributed by atoms with Gasteiger partial charge in [0.1, 0.15) is 10.8 Å². The molecule has 1 aliphatic heterocycles. The summed E-state index contributed by atoms with van der Waals surface area (Å²) in [6.07, 6.45) is 0. The standard InChI is InChI=1S/C15H17ClFN3S/c1-10(20-6-4-18-5-7-20)15-19-14(9-21-15)11-2-3-13(17)12(16)8-11/h2-3,8-10,18H,4-7H2,1H3. The van der Waals surface area contributed by atoms with Crippen LogP contribution in [0.25, 0.3) is 11.3 Å². The highest BCUT2D eigenvalue weighted by Crippen LogP contribution is 2.30. The Morgan fingerprint density at radius 1 is 1.38 bits per heavy atom. The van der Waals surface area contributed by atoms with Crippen molar-refractivity contribution in [2.24, 2.45) is 0 Å². The first-order valence-corrected chi connectivity index (χ1v) is 8.26. The molecule has 3 rings (SSSR count). The van der Waals surface area contributed by atoms with E-state index >= 15 is 0 Å². The first kappa shape index (κ1) is 14.9. The van der Waals surface area contributed by atoms with Crippen molar-refractivity contribution < 1.29 is 4.39 Å². The summed E-state index contributed by atoms with van der Waals surface area (Å²) in [5.41, 5.74) is 1.72. The van der Waals surface area contributed by atoms with Gasteiger partial charge in [0, 0.05) is 37.1 Å². The normalized spacial score (nSPS) is 17.9. The van der Waals surface area contributed by atoms with Crippen LogP contribution in [0, 0.1) is 5.82 Å². The van der Waals surface area contributed by atoms with Crippen molar-refractivity contribution in [3.63, 3.8) is 0 Å². The number of aromatic nitrogens is 1. The summed E-state index contributed by atoms with van der Waals surface area (Å²) >= 11 is 7.49. The van der Waals surface area contributed by atoms with E-state index in [1.807, 2.05) is 5.38 Å². The van der Waals surface area contributed by atoms with Crippen molar-refractivity contribution in [1.29, 1.82) is 0 Å². The van der Waals surface area contributed by atoms with Gasteiger partial charge in [-0.15, -0.1) is 11.3 Å². The third-order valence-electron chi connectivity index (χ3n) is 3.79. The molecule has 1 aromatic heterocycles. The molecule has 112 valence electrons. The zero-order valence-electron chi connectivity index (χ0n) is 11.8. The van der Waals surface area contributed by atoms with Crippen LogP contribution in [0.15, 0.2) is 23.6 Å². The summed E-state index contributed by atoms with van der Waals surface area (Å²) in [5.74, 6) is -0.398. The number of halogens is 2. The molecule has 3 nitrogen and oxygen atoms in total. The van der Waals surface area contributed by atoms with E-state index in [1.165, 1.54) is 6.07 Å². The van der Waals surface area contributed by atoms with E-state index in [1.54, 1.807) is 23.5 Å². The molecule has 0 amide bonds. The zero-order chi connectivity index (χ0) is 14.8. The molecule has 2 aromatic rings. The molecule has 0 spiro atoms. The summed E-state index contributed by atoms with van der Waals surface area (Å²) in [6.45, 7) is 6.31. The highest BCUT2D eigenvalue weighted by Gasteiger charge is 2.20. The summed E-state index contributed by atoms with van der Waals surface area (Å²) in [4.78, 5) is 7.13. The topological polar surface area (TPSA) is 28.2 Å². The van der Waals surface area contributed by atoms with Gasteiger partial charge >= 0.3 is 0 Å². The van der Waals surface area contributed by atoms with Crippen LogP contribution in [0.3, 0.4) is 0 Å². The fraction of sp³-hybridized carbons (Fsp3) is 0.400. The van der Waals surface area contributed by atoms with Crippen LogP contribution in [0.1, 0.15) is 18.0 Å². The van der Waals surface area contributed by atoms with E-state index in [0.29, 0.717) is 6.04 Å².